The van der Waals surface area contributed by atoms with E-state index in [-0.39, 0.29) is 29.7 Å². The molecule has 1 aromatic carbocycles. The lowest BCUT2D eigenvalue weighted by Gasteiger charge is -2.33. The molecule has 3 heterocycles. The maximum absolute atomic E-state index is 13.1. The summed E-state index contributed by atoms with van der Waals surface area (Å²) in [6, 6.07) is 13.2. The van der Waals surface area contributed by atoms with Gasteiger partial charge in [-0.3, -0.25) is 9.78 Å². The van der Waals surface area contributed by atoms with E-state index >= 15 is 0 Å². The molecular weight excluding hydrogens is 404 g/mol. The molecule has 1 aliphatic rings. The molecule has 1 saturated heterocycles. The smallest absolute Gasteiger partial charge is 0.248 e. The van der Waals surface area contributed by atoms with E-state index < -0.39 is 10.0 Å². The quantitative estimate of drug-likeness (QED) is 0.600. The topological polar surface area (TPSA) is 96.6 Å². The van der Waals surface area contributed by atoms with Crippen molar-refractivity contribution in [2.75, 3.05) is 26.2 Å². The molecule has 1 fully saturated rings. The third kappa shape index (κ3) is 4.27. The summed E-state index contributed by atoms with van der Waals surface area (Å²) in [7, 11) is -3.78. The van der Waals surface area contributed by atoms with Crippen LogP contribution in [0.15, 0.2) is 70.5 Å². The van der Waals surface area contributed by atoms with Gasteiger partial charge in [0.05, 0.1) is 6.20 Å². The number of nitrogens with zero attached hydrogens (tertiary/aromatic N) is 4. The van der Waals surface area contributed by atoms with Crippen LogP contribution in [-0.4, -0.2) is 59.8 Å². The Labute approximate surface area is 175 Å². The third-order valence-corrected chi connectivity index (χ3v) is 7.05. The van der Waals surface area contributed by atoms with Crippen molar-refractivity contribution in [3.8, 4) is 11.3 Å². The zero-order valence-corrected chi connectivity index (χ0v) is 17.2. The van der Waals surface area contributed by atoms with E-state index in [1.54, 1.807) is 29.4 Å². The van der Waals surface area contributed by atoms with E-state index in [4.69, 9.17) is 4.52 Å². The van der Waals surface area contributed by atoms with Gasteiger partial charge < -0.3 is 9.42 Å². The van der Waals surface area contributed by atoms with Crippen LogP contribution in [-0.2, 0) is 21.2 Å². The first-order chi connectivity index (χ1) is 14.6. The minimum Gasteiger partial charge on any atom is -0.355 e. The van der Waals surface area contributed by atoms with E-state index in [0.717, 1.165) is 5.56 Å². The summed E-state index contributed by atoms with van der Waals surface area (Å²) in [6.07, 6.45) is 5.44. The van der Waals surface area contributed by atoms with Gasteiger partial charge in [-0.25, -0.2) is 8.42 Å². The highest BCUT2D eigenvalue weighted by molar-refractivity contribution is 7.89. The van der Waals surface area contributed by atoms with Crippen molar-refractivity contribution in [3.05, 3.63) is 66.6 Å². The molecule has 0 bridgehead atoms. The van der Waals surface area contributed by atoms with Crippen LogP contribution in [0.25, 0.3) is 11.3 Å². The van der Waals surface area contributed by atoms with Gasteiger partial charge in [-0.1, -0.05) is 35.5 Å². The number of sulfonamides is 1. The lowest BCUT2D eigenvalue weighted by Crippen LogP contribution is -2.50. The first-order valence-corrected chi connectivity index (χ1v) is 11.2. The Hall–Kier alpha value is -3.04. The first-order valence-electron chi connectivity index (χ1n) is 9.72. The van der Waals surface area contributed by atoms with Crippen molar-refractivity contribution in [2.24, 2.45) is 0 Å². The summed E-state index contributed by atoms with van der Waals surface area (Å²) in [5.74, 6) is 0.233. The Morgan fingerprint density at radius 2 is 1.70 bits per heavy atom. The van der Waals surface area contributed by atoms with Crippen molar-refractivity contribution in [3.63, 3.8) is 0 Å². The molecule has 0 saturated carbocycles. The average molecular weight is 426 g/mol. The van der Waals surface area contributed by atoms with Crippen molar-refractivity contribution in [1.29, 1.82) is 0 Å². The number of amides is 1. The molecule has 0 aliphatic carbocycles. The Morgan fingerprint density at radius 1 is 1.00 bits per heavy atom. The van der Waals surface area contributed by atoms with Gasteiger partial charge in [0, 0.05) is 50.6 Å². The Bertz CT molecular complexity index is 1090. The van der Waals surface area contributed by atoms with Crippen LogP contribution in [0.3, 0.4) is 0 Å². The number of aryl methyl sites for hydroxylation is 1. The second kappa shape index (κ2) is 8.76. The number of hydrogen-bond acceptors (Lipinski definition) is 6. The second-order valence-corrected chi connectivity index (χ2v) is 8.93. The highest BCUT2D eigenvalue weighted by Gasteiger charge is 2.33. The predicted octanol–water partition coefficient (Wildman–Crippen LogP) is 2.20. The van der Waals surface area contributed by atoms with E-state index in [1.165, 1.54) is 10.5 Å². The maximum Gasteiger partial charge on any atom is 0.248 e. The summed E-state index contributed by atoms with van der Waals surface area (Å²) in [5.41, 5.74) is 1.71. The number of rotatable bonds is 6. The monoisotopic (exact) mass is 426 g/mol. The standard InChI is InChI=1S/C21H22N4O4S/c26-20(7-6-17-4-2-1-3-5-17)24-12-14-25(15-13-24)30(27,28)19-16-23-29-21(19)18-8-10-22-11-9-18/h1-5,8-11,16H,6-7,12-15H2. The van der Waals surface area contributed by atoms with Crippen LogP contribution in [0.4, 0.5) is 0 Å². The highest BCUT2D eigenvalue weighted by atomic mass is 32.2. The molecule has 8 nitrogen and oxygen atoms in total. The summed E-state index contributed by atoms with van der Waals surface area (Å²) in [4.78, 5) is 18.2. The number of benzene rings is 1. The summed E-state index contributed by atoms with van der Waals surface area (Å²) in [6.45, 7) is 1.20. The number of hydrogen-bond donors (Lipinski definition) is 0. The van der Waals surface area contributed by atoms with E-state index in [2.05, 4.69) is 10.1 Å². The van der Waals surface area contributed by atoms with Crippen LogP contribution in [0.5, 0.6) is 0 Å². The summed E-state index contributed by atoms with van der Waals surface area (Å²) < 4.78 is 32.9. The minimum atomic E-state index is -3.78. The van der Waals surface area contributed by atoms with Gasteiger partial charge in [0.25, 0.3) is 0 Å². The van der Waals surface area contributed by atoms with Gasteiger partial charge in [0.15, 0.2) is 5.76 Å². The van der Waals surface area contributed by atoms with Gasteiger partial charge in [0.1, 0.15) is 4.90 Å². The molecule has 0 unspecified atom stereocenters. The van der Waals surface area contributed by atoms with Gasteiger partial charge in [-0.15, -0.1) is 0 Å². The fraction of sp³-hybridized carbons (Fsp3) is 0.286. The molecule has 1 aliphatic heterocycles. The van der Waals surface area contributed by atoms with Crippen molar-refractivity contribution >= 4 is 15.9 Å². The average Bonchev–Trinajstić information content (AvgIpc) is 3.30. The van der Waals surface area contributed by atoms with Crippen LogP contribution >= 0.6 is 0 Å². The third-order valence-electron chi connectivity index (χ3n) is 5.16. The number of carbonyl (C=O) groups is 1. The van der Waals surface area contributed by atoms with Crippen LogP contribution < -0.4 is 0 Å². The molecule has 156 valence electrons. The highest BCUT2D eigenvalue weighted by Crippen LogP contribution is 2.29. The molecule has 0 atom stereocenters. The molecule has 3 aromatic rings. The zero-order chi connectivity index (χ0) is 21.0. The predicted molar refractivity (Wildman–Crippen MR) is 110 cm³/mol. The molecule has 0 spiro atoms. The fourth-order valence-electron chi connectivity index (χ4n) is 3.48. The zero-order valence-electron chi connectivity index (χ0n) is 16.3. The normalized spacial score (nSPS) is 15.3. The minimum absolute atomic E-state index is 0.0255. The molecule has 4 rings (SSSR count). The molecule has 0 radical (unpaired) electrons. The van der Waals surface area contributed by atoms with Gasteiger partial charge in [0.2, 0.25) is 15.9 Å². The Morgan fingerprint density at radius 3 is 2.40 bits per heavy atom. The summed E-state index contributed by atoms with van der Waals surface area (Å²) in [5, 5.41) is 3.69. The van der Waals surface area contributed by atoms with Crippen molar-refractivity contribution in [1.82, 2.24) is 19.3 Å². The van der Waals surface area contributed by atoms with Crippen molar-refractivity contribution in [2.45, 2.75) is 17.7 Å². The fourth-order valence-corrected chi connectivity index (χ4v) is 4.97. The number of aromatic nitrogens is 2. The lowest BCUT2D eigenvalue weighted by atomic mass is 10.1. The molecule has 1 amide bonds. The number of piperazine rings is 1. The lowest BCUT2D eigenvalue weighted by molar-refractivity contribution is -0.132. The van der Waals surface area contributed by atoms with E-state index in [9.17, 15) is 13.2 Å². The summed E-state index contributed by atoms with van der Waals surface area (Å²) >= 11 is 0. The molecule has 0 N–H and O–H groups in total. The van der Waals surface area contributed by atoms with Crippen LogP contribution in [0, 0.1) is 0 Å². The SMILES string of the molecule is O=C(CCc1ccccc1)N1CCN(S(=O)(=O)c2cnoc2-c2ccncc2)CC1. The van der Waals surface area contributed by atoms with Crippen LogP contribution in [0.1, 0.15) is 12.0 Å². The largest absolute Gasteiger partial charge is 0.355 e. The van der Waals surface area contributed by atoms with Gasteiger partial charge in [-0.2, -0.15) is 4.31 Å². The molecule has 9 heteroatoms. The number of pyridine rings is 1. The van der Waals surface area contributed by atoms with Crippen molar-refractivity contribution < 1.29 is 17.7 Å². The Kier molecular flexibility index (Phi) is 5.91. The Balaban J connectivity index is 1.39. The van der Waals surface area contributed by atoms with Gasteiger partial charge >= 0.3 is 0 Å². The van der Waals surface area contributed by atoms with E-state index in [0.29, 0.717) is 31.5 Å². The molecular formula is C21H22N4O4S. The molecule has 30 heavy (non-hydrogen) atoms. The first kappa shape index (κ1) is 20.2. The molecule has 2 aromatic heterocycles. The second-order valence-electron chi connectivity index (χ2n) is 7.03. The van der Waals surface area contributed by atoms with E-state index in [1.807, 2.05) is 30.3 Å². The van der Waals surface area contributed by atoms with Gasteiger partial charge in [-0.05, 0) is 24.1 Å². The number of carbonyl (C=O) groups excluding carboxylic acids is 1. The maximum atomic E-state index is 13.1. The van der Waals surface area contributed by atoms with Crippen LogP contribution in [0.2, 0.25) is 0 Å².